The quantitative estimate of drug-likeness (QED) is 0.261. The van der Waals surface area contributed by atoms with Gasteiger partial charge in [0.25, 0.3) is 0 Å². The summed E-state index contributed by atoms with van der Waals surface area (Å²) in [5.41, 5.74) is 4.33. The Labute approximate surface area is 252 Å². The lowest BCUT2D eigenvalue weighted by Gasteiger charge is -2.47. The van der Waals surface area contributed by atoms with E-state index in [2.05, 4.69) is 15.3 Å². The number of carbonyl (C=O) groups is 1. The number of ether oxygens (including phenoxy) is 3. The lowest BCUT2D eigenvalue weighted by atomic mass is 9.88. The third-order valence-corrected chi connectivity index (χ3v) is 8.79. The molecule has 6 atom stereocenters. The van der Waals surface area contributed by atoms with Gasteiger partial charge < -0.3 is 19.3 Å². The van der Waals surface area contributed by atoms with Crippen LogP contribution in [0.25, 0.3) is 21.5 Å². The number of hydrogen-bond acceptors (Lipinski definition) is 9. The Morgan fingerprint density at radius 1 is 1.09 bits per heavy atom. The molecule has 7 rings (SSSR count). The van der Waals surface area contributed by atoms with Crippen LogP contribution in [-0.2, 0) is 25.4 Å². The number of nitrogens with zero attached hydrogens (tertiary/aromatic N) is 4. The molecule has 5 aromatic rings. The first-order valence-corrected chi connectivity index (χ1v) is 14.7. The summed E-state index contributed by atoms with van der Waals surface area (Å²) in [6.45, 7) is 0.0826. The highest BCUT2D eigenvalue weighted by atomic mass is 35.5. The van der Waals surface area contributed by atoms with Gasteiger partial charge in [0, 0.05) is 17.5 Å². The van der Waals surface area contributed by atoms with Gasteiger partial charge >= 0.3 is 0 Å². The number of aliphatic hydroxyl groups is 1. The van der Waals surface area contributed by atoms with E-state index in [0.29, 0.717) is 0 Å². The lowest BCUT2D eigenvalue weighted by molar-refractivity contribution is -0.312. The van der Waals surface area contributed by atoms with Crippen LogP contribution in [0.2, 0.25) is 5.02 Å². The maximum absolute atomic E-state index is 14.2. The minimum absolute atomic E-state index is 0.0139. The molecule has 9 nitrogen and oxygen atoms in total. The van der Waals surface area contributed by atoms with Crippen molar-refractivity contribution in [3.05, 3.63) is 100 Å². The number of halogens is 3. The topological polar surface area (TPSA) is 109 Å². The maximum Gasteiger partial charge on any atom is 0.184 e. The van der Waals surface area contributed by atoms with E-state index in [0.717, 1.165) is 33.5 Å². The first kappa shape index (κ1) is 28.1. The largest absolute Gasteiger partial charge is 0.388 e. The smallest absolute Gasteiger partial charge is 0.184 e. The average molecular weight is 625 g/mol. The Bertz CT molecular complexity index is 1780. The van der Waals surface area contributed by atoms with E-state index in [4.69, 9.17) is 25.8 Å². The van der Waals surface area contributed by atoms with Crippen LogP contribution in [0, 0.1) is 11.6 Å². The number of rotatable bonds is 6. The molecule has 1 N–H and O–H groups in total. The highest BCUT2D eigenvalue weighted by molar-refractivity contribution is 7.16. The number of hydrogen-bond donors (Lipinski definition) is 1. The predicted molar refractivity (Wildman–Crippen MR) is 152 cm³/mol. The number of Topliss-reactive ketones (excluding diaryl/α,β-unsaturated/α-hetero) is 1. The average Bonchev–Trinajstić information content (AvgIpc) is 3.69. The highest BCUT2D eigenvalue weighted by Gasteiger charge is 2.52. The molecular weight excluding hydrogens is 602 g/mol. The van der Waals surface area contributed by atoms with Gasteiger partial charge in [0.15, 0.2) is 12.1 Å². The summed E-state index contributed by atoms with van der Waals surface area (Å²) in [7, 11) is 0. The lowest BCUT2D eigenvalue weighted by Crippen LogP contribution is -2.61. The number of aromatic nitrogens is 4. The van der Waals surface area contributed by atoms with Gasteiger partial charge in [-0.3, -0.25) is 4.79 Å². The second kappa shape index (κ2) is 11.5. The van der Waals surface area contributed by atoms with Gasteiger partial charge in [-0.05, 0) is 29.8 Å². The van der Waals surface area contributed by atoms with E-state index < -0.39 is 53.4 Å². The molecule has 4 heterocycles. The Morgan fingerprint density at radius 3 is 2.67 bits per heavy atom. The SMILES string of the molecule is O=C(Cc1ccc2ncsc2c1)[C@@H]1O[C@@H]2CO[C@H](c3ccccc3)O[C@@H]2[C@H](n2cc(-c3cc(F)c(Cl)c(F)c3)nn2)[C@H]1O. The van der Waals surface area contributed by atoms with E-state index in [1.54, 1.807) is 5.51 Å². The number of thiazole rings is 1. The molecule has 0 unspecified atom stereocenters. The fourth-order valence-corrected chi connectivity index (χ4v) is 6.38. The van der Waals surface area contributed by atoms with E-state index >= 15 is 0 Å². The zero-order valence-corrected chi connectivity index (χ0v) is 23.8. The first-order chi connectivity index (χ1) is 20.9. The Morgan fingerprint density at radius 2 is 1.88 bits per heavy atom. The van der Waals surface area contributed by atoms with Crippen molar-refractivity contribution in [1.29, 1.82) is 0 Å². The van der Waals surface area contributed by atoms with Crippen molar-refractivity contribution in [2.24, 2.45) is 0 Å². The number of ketones is 1. The third-order valence-electron chi connectivity index (χ3n) is 7.64. The predicted octanol–water partition coefficient (Wildman–Crippen LogP) is 5.08. The second-order valence-electron chi connectivity index (χ2n) is 10.4. The molecular formula is C30H23ClF2N4O5S. The molecule has 43 heavy (non-hydrogen) atoms. The first-order valence-electron chi connectivity index (χ1n) is 13.4. The molecule has 0 aliphatic carbocycles. The van der Waals surface area contributed by atoms with E-state index in [-0.39, 0.29) is 30.1 Å². The van der Waals surface area contributed by atoms with Gasteiger partial charge in [0.1, 0.15) is 52.8 Å². The van der Waals surface area contributed by atoms with Crippen molar-refractivity contribution >= 4 is 38.9 Å². The minimum Gasteiger partial charge on any atom is -0.388 e. The highest BCUT2D eigenvalue weighted by Crippen LogP contribution is 2.40. The van der Waals surface area contributed by atoms with Crippen LogP contribution in [0.3, 0.4) is 0 Å². The standard InChI is InChI=1S/C30H23ClF2N4O5S/c31-25-18(32)10-17(11-19(25)33)21-12-37(36-35-21)26-27(39)28(22(38)8-15-6-7-20-24(9-15)43-14-34-20)41-23-13-40-30(42-29(23)26)16-4-2-1-3-5-16/h1-7,9-12,14,23,26-30,39H,8,13H2/t23-,26-,27-,28+,29+,30+/m1/s1. The zero-order chi connectivity index (χ0) is 29.7. The number of benzene rings is 3. The maximum atomic E-state index is 14.2. The van der Waals surface area contributed by atoms with E-state index in [1.165, 1.54) is 22.2 Å². The van der Waals surface area contributed by atoms with Crippen molar-refractivity contribution < 1.29 is 32.9 Å². The summed E-state index contributed by atoms with van der Waals surface area (Å²) in [4.78, 5) is 17.9. The molecule has 2 saturated heterocycles. The van der Waals surface area contributed by atoms with Crippen LogP contribution in [0.15, 0.2) is 72.4 Å². The van der Waals surface area contributed by atoms with Crippen molar-refractivity contribution in [2.45, 2.75) is 43.2 Å². The van der Waals surface area contributed by atoms with Gasteiger partial charge in [-0.1, -0.05) is 53.2 Å². The van der Waals surface area contributed by atoms with E-state index in [9.17, 15) is 18.7 Å². The summed E-state index contributed by atoms with van der Waals surface area (Å²) in [6.07, 6.45) is -3.48. The van der Waals surface area contributed by atoms with Gasteiger partial charge in [0.05, 0.1) is 28.5 Å². The third kappa shape index (κ3) is 5.35. The molecule has 0 spiro atoms. The van der Waals surface area contributed by atoms with E-state index in [1.807, 2.05) is 48.5 Å². The van der Waals surface area contributed by atoms with Crippen molar-refractivity contribution in [2.75, 3.05) is 6.61 Å². The summed E-state index contributed by atoms with van der Waals surface area (Å²) in [6, 6.07) is 16.0. The molecule has 0 saturated carbocycles. The molecule has 13 heteroatoms. The normalized spacial score (nSPS) is 25.5. The van der Waals surface area contributed by atoms with Crippen LogP contribution >= 0.6 is 22.9 Å². The molecule has 2 aromatic heterocycles. The van der Waals surface area contributed by atoms with Gasteiger partial charge in [-0.25, -0.2) is 18.4 Å². The van der Waals surface area contributed by atoms with Crippen LogP contribution in [0.5, 0.6) is 0 Å². The zero-order valence-electron chi connectivity index (χ0n) is 22.2. The number of carbonyl (C=O) groups excluding carboxylic acids is 1. The number of aliphatic hydroxyl groups excluding tert-OH is 1. The molecule has 0 bridgehead atoms. The summed E-state index contributed by atoms with van der Waals surface area (Å²) in [5, 5.41) is 19.3. The van der Waals surface area contributed by atoms with Crippen LogP contribution in [-0.4, -0.2) is 61.9 Å². The molecule has 0 radical (unpaired) electrons. The van der Waals surface area contributed by atoms with Crippen LogP contribution < -0.4 is 0 Å². The van der Waals surface area contributed by atoms with Crippen molar-refractivity contribution in [3.8, 4) is 11.3 Å². The van der Waals surface area contributed by atoms with Crippen molar-refractivity contribution in [3.63, 3.8) is 0 Å². The monoisotopic (exact) mass is 624 g/mol. The van der Waals surface area contributed by atoms with Crippen LogP contribution in [0.1, 0.15) is 23.5 Å². The Kier molecular flexibility index (Phi) is 7.49. The van der Waals surface area contributed by atoms with Crippen molar-refractivity contribution in [1.82, 2.24) is 20.0 Å². The molecule has 0 amide bonds. The fraction of sp³-hybridized carbons (Fsp3) is 0.267. The Balaban J connectivity index is 1.21. The molecule has 220 valence electrons. The number of fused-ring (bicyclic) bond motifs is 2. The van der Waals surface area contributed by atoms with Gasteiger partial charge in [-0.15, -0.1) is 16.4 Å². The molecule has 2 aliphatic heterocycles. The summed E-state index contributed by atoms with van der Waals surface area (Å²) in [5.74, 6) is -2.23. The summed E-state index contributed by atoms with van der Waals surface area (Å²) < 4.78 is 49.1. The Hall–Kier alpha value is -3.65. The van der Waals surface area contributed by atoms with Gasteiger partial charge in [0.2, 0.25) is 0 Å². The van der Waals surface area contributed by atoms with Crippen LogP contribution in [0.4, 0.5) is 8.78 Å². The van der Waals surface area contributed by atoms with Gasteiger partial charge in [-0.2, -0.15) is 0 Å². The molecule has 2 aliphatic rings. The fourth-order valence-electron chi connectivity index (χ4n) is 5.53. The summed E-state index contributed by atoms with van der Waals surface area (Å²) >= 11 is 7.12. The molecule has 3 aromatic carbocycles. The molecule has 2 fully saturated rings. The second-order valence-corrected chi connectivity index (χ2v) is 11.7. The minimum atomic E-state index is -1.40.